The first-order valence-electron chi connectivity index (χ1n) is 25.0. The number of hydrogen-bond acceptors (Lipinski definition) is 12. The number of carbonyl (C=O) groups excluding carboxylic acids is 2. The van der Waals surface area contributed by atoms with Gasteiger partial charge >= 0.3 is 24.1 Å². The predicted octanol–water partition coefficient (Wildman–Crippen LogP) is 10.8. The number of aryl methyl sites for hydroxylation is 4. The quantitative estimate of drug-likeness (QED) is 0.106. The van der Waals surface area contributed by atoms with E-state index < -0.39 is 47.5 Å². The number of aliphatic carboxylic acids is 2. The Kier molecular flexibility index (Phi) is 20.4. The van der Waals surface area contributed by atoms with Gasteiger partial charge in [0.05, 0.1) is 29.7 Å². The molecule has 2 atom stereocenters. The molecule has 1 aromatic carbocycles. The first-order valence-corrected chi connectivity index (χ1v) is 25.0. The minimum atomic E-state index is -1.17. The Morgan fingerprint density at radius 3 is 1.36 bits per heavy atom. The lowest BCUT2D eigenvalue weighted by molar-refractivity contribution is -0.161. The maximum absolute atomic E-state index is 12.5. The maximum Gasteiger partial charge on any atom is 0.407 e. The summed E-state index contributed by atoms with van der Waals surface area (Å²) in [6.45, 7) is 31.6. The molecule has 2 aromatic heterocycles. The molecule has 2 fully saturated rings. The van der Waals surface area contributed by atoms with Crippen molar-refractivity contribution in [3.8, 4) is 0 Å². The van der Waals surface area contributed by atoms with Crippen molar-refractivity contribution in [2.75, 3.05) is 56.2 Å². The van der Waals surface area contributed by atoms with Crippen LogP contribution >= 0.6 is 0 Å². The van der Waals surface area contributed by atoms with Crippen LogP contribution in [0.25, 0.3) is 12.2 Å². The van der Waals surface area contributed by atoms with Crippen molar-refractivity contribution in [1.29, 1.82) is 0 Å². The highest BCUT2D eigenvalue weighted by molar-refractivity contribution is 5.84. The lowest BCUT2D eigenvalue weighted by Gasteiger charge is -2.41. The minimum Gasteiger partial charge on any atom is -0.479 e. The summed E-state index contributed by atoms with van der Waals surface area (Å²) in [6, 6.07) is 9.50. The second kappa shape index (κ2) is 25.1. The van der Waals surface area contributed by atoms with Gasteiger partial charge in [-0.05, 0) is 111 Å². The zero-order valence-electron chi connectivity index (χ0n) is 45.6. The number of methoxy groups -OCH3 is 1. The van der Waals surface area contributed by atoms with E-state index in [1.165, 1.54) is 7.11 Å². The lowest BCUT2D eigenvalue weighted by atomic mass is 9.82. The monoisotopic (exact) mass is 999 g/mol. The number of nitrogens with zero attached hydrogens (tertiary/aromatic N) is 4. The van der Waals surface area contributed by atoms with Gasteiger partial charge in [0.25, 0.3) is 0 Å². The molecule has 2 aliphatic rings. The minimum absolute atomic E-state index is 0.195. The van der Waals surface area contributed by atoms with Gasteiger partial charge in [-0.1, -0.05) is 82.3 Å². The van der Waals surface area contributed by atoms with E-state index in [2.05, 4.69) is 57.8 Å². The second-order valence-electron chi connectivity index (χ2n) is 22.2. The molecule has 0 spiro atoms. The van der Waals surface area contributed by atoms with E-state index >= 15 is 0 Å². The van der Waals surface area contributed by atoms with E-state index in [0.717, 1.165) is 91.3 Å². The van der Waals surface area contributed by atoms with Crippen LogP contribution in [0.4, 0.5) is 21.0 Å². The van der Waals surface area contributed by atoms with Gasteiger partial charge in [-0.25, -0.2) is 19.2 Å². The maximum atomic E-state index is 12.5. The van der Waals surface area contributed by atoms with E-state index in [0.29, 0.717) is 22.5 Å². The van der Waals surface area contributed by atoms with Crippen LogP contribution in [-0.2, 0) is 35.1 Å². The van der Waals surface area contributed by atoms with Crippen LogP contribution in [0, 0.1) is 38.5 Å². The molecule has 2 amide bonds. The van der Waals surface area contributed by atoms with Gasteiger partial charge in [-0.3, -0.25) is 9.97 Å². The first kappa shape index (κ1) is 58.6. The summed E-state index contributed by atoms with van der Waals surface area (Å²) in [6.07, 6.45) is 8.10. The van der Waals surface area contributed by atoms with Crippen molar-refractivity contribution in [3.05, 3.63) is 93.1 Å². The molecule has 5 rings (SSSR count). The topological polar surface area (TPSA) is 202 Å². The van der Waals surface area contributed by atoms with Crippen LogP contribution in [0.2, 0.25) is 0 Å². The number of hydrogen-bond donors (Lipinski definition) is 4. The van der Waals surface area contributed by atoms with E-state index in [-0.39, 0.29) is 30.5 Å². The summed E-state index contributed by atoms with van der Waals surface area (Å²) in [7, 11) is 1.32. The fourth-order valence-corrected chi connectivity index (χ4v) is 8.76. The number of aromatic nitrogens is 2. The predicted molar refractivity (Wildman–Crippen MR) is 283 cm³/mol. The molecular weight excluding hydrogens is 917 g/mol. The van der Waals surface area contributed by atoms with Crippen molar-refractivity contribution in [3.63, 3.8) is 0 Å². The van der Waals surface area contributed by atoms with E-state index in [1.807, 2.05) is 124 Å². The van der Waals surface area contributed by atoms with Crippen LogP contribution in [-0.4, -0.2) is 102 Å². The zero-order valence-corrected chi connectivity index (χ0v) is 45.6. The molecule has 72 heavy (non-hydrogen) atoms. The Labute approximate surface area is 428 Å². The number of alkyl carbamates (subject to hydrolysis) is 2. The third kappa shape index (κ3) is 17.3. The summed E-state index contributed by atoms with van der Waals surface area (Å²) in [4.78, 5) is 62.4. The van der Waals surface area contributed by atoms with Crippen molar-refractivity contribution >= 4 is 47.7 Å². The fourth-order valence-electron chi connectivity index (χ4n) is 8.76. The van der Waals surface area contributed by atoms with Gasteiger partial charge in [0.2, 0.25) is 0 Å². The number of carbonyl (C=O) groups is 4. The molecule has 4 heterocycles. The number of carboxylic acid groups (broad SMARTS) is 2. The molecule has 0 bridgehead atoms. The molecule has 0 unspecified atom stereocenters. The molecule has 2 aliphatic heterocycles. The molecular formula is C56H82N6O10. The molecule has 0 saturated carbocycles. The Bertz CT molecular complexity index is 2400. The van der Waals surface area contributed by atoms with Crippen molar-refractivity contribution in [2.45, 2.75) is 153 Å². The van der Waals surface area contributed by atoms with Gasteiger partial charge in [-0.2, -0.15) is 0 Å². The number of ether oxygens (including phenoxy) is 4. The molecule has 396 valence electrons. The molecule has 4 N–H and O–H groups in total. The van der Waals surface area contributed by atoms with Gasteiger partial charge in [0, 0.05) is 84.3 Å². The van der Waals surface area contributed by atoms with Crippen LogP contribution < -0.4 is 20.4 Å². The van der Waals surface area contributed by atoms with Gasteiger partial charge in [0.1, 0.15) is 6.61 Å². The van der Waals surface area contributed by atoms with Crippen molar-refractivity contribution < 1.29 is 48.3 Å². The number of piperidine rings is 2. The van der Waals surface area contributed by atoms with Crippen molar-refractivity contribution in [1.82, 2.24) is 20.6 Å². The molecule has 0 radical (unpaired) electrons. The highest BCUT2D eigenvalue weighted by Gasteiger charge is 2.38. The molecule has 3 aromatic rings. The Balaban J connectivity index is 0.000000317. The van der Waals surface area contributed by atoms with E-state index in [1.54, 1.807) is 0 Å². The Hall–Kier alpha value is -6.00. The number of rotatable bonds is 16. The summed E-state index contributed by atoms with van der Waals surface area (Å²) in [5.74, 6) is -2.09. The molecule has 2 saturated heterocycles. The molecule has 16 heteroatoms. The highest BCUT2D eigenvalue weighted by atomic mass is 16.6. The number of pyridine rings is 2. The second-order valence-corrected chi connectivity index (χ2v) is 22.2. The van der Waals surface area contributed by atoms with E-state index in [4.69, 9.17) is 19.2 Å². The van der Waals surface area contributed by atoms with Gasteiger partial charge < -0.3 is 49.6 Å². The van der Waals surface area contributed by atoms with Gasteiger partial charge in [0.15, 0.2) is 12.2 Å². The van der Waals surface area contributed by atoms with Crippen LogP contribution in [0.1, 0.15) is 158 Å². The Morgan fingerprint density at radius 2 is 1.01 bits per heavy atom. The average molecular weight is 999 g/mol. The van der Waals surface area contributed by atoms with Crippen LogP contribution in [0.15, 0.2) is 42.5 Å². The standard InChI is InChI=1S/C31H43N3O5.C25H39N3O5/c1-21-24(14-11-17-32-29(37)38-20-23-12-9-8-10-13-23)26(34-18-15-31(6,7)16-19-34)25(22(2)33-21)27(28(35)36)39-30(3,4)5;1-16-18(10-9-13-26-23(31)32-8)20(28-14-11-25(6,7)12-15-28)19(17(2)27-16)21(22(29)30)33-24(3,4)5/h8-14,27H,15-20H2,1-7H3,(H,32,37)(H,35,36);9-10,21H,11-15H2,1-8H3,(H,26,31)(H,29,30)/b14-11+;10-9+/t27-;21-/m00/s1. The summed E-state index contributed by atoms with van der Waals surface area (Å²) >= 11 is 0. The smallest absolute Gasteiger partial charge is 0.407 e. The summed E-state index contributed by atoms with van der Waals surface area (Å²) < 4.78 is 22.0. The SMILES string of the molecule is COC(=O)NC/C=C/c1c(C)nc(C)c([C@H](OC(C)(C)C)C(=O)O)c1N1CCC(C)(C)CC1.Cc1nc(C)c([C@H](OC(C)(C)C)C(=O)O)c(N2CCC(C)(C)CC2)c1/C=C/CNC(=O)OCc1ccccc1. The van der Waals surface area contributed by atoms with Crippen LogP contribution in [0.3, 0.4) is 0 Å². The van der Waals surface area contributed by atoms with E-state index in [9.17, 15) is 29.4 Å². The summed E-state index contributed by atoms with van der Waals surface area (Å²) in [5.41, 5.74) is 7.47. The summed E-state index contributed by atoms with van der Waals surface area (Å²) in [5, 5.41) is 25.7. The largest absolute Gasteiger partial charge is 0.479 e. The first-order chi connectivity index (χ1) is 33.5. The normalized spacial score (nSPS) is 16.7. The number of nitrogens with one attached hydrogen (secondary N) is 2. The highest BCUT2D eigenvalue weighted by Crippen LogP contribution is 2.43. The van der Waals surface area contributed by atoms with Crippen LogP contribution in [0.5, 0.6) is 0 Å². The number of anilines is 2. The third-order valence-electron chi connectivity index (χ3n) is 12.7. The zero-order chi connectivity index (χ0) is 53.8. The van der Waals surface area contributed by atoms with Gasteiger partial charge in [-0.15, -0.1) is 0 Å². The number of amides is 2. The molecule has 0 aliphatic carbocycles. The van der Waals surface area contributed by atoms with Crippen molar-refractivity contribution in [2.24, 2.45) is 10.8 Å². The molecule has 16 nitrogen and oxygen atoms in total. The third-order valence-corrected chi connectivity index (χ3v) is 12.7. The lowest BCUT2D eigenvalue weighted by Crippen LogP contribution is -2.39. The fraction of sp³-hybridized carbons (Fsp3) is 0.571. The number of carboxylic acids is 2. The average Bonchev–Trinajstić information content (AvgIpc) is 3.28. The number of benzene rings is 1. The Morgan fingerprint density at radius 1 is 0.639 bits per heavy atom.